The van der Waals surface area contributed by atoms with Crippen molar-refractivity contribution in [2.24, 2.45) is 17.4 Å². The Morgan fingerprint density at radius 1 is 0.667 bits per heavy atom. The second-order valence-corrected chi connectivity index (χ2v) is 12.8. The second kappa shape index (κ2) is 22.2. The van der Waals surface area contributed by atoms with Crippen LogP contribution in [0.1, 0.15) is 57.1 Å². The molecule has 2 rings (SSSR count). The van der Waals surface area contributed by atoms with Gasteiger partial charge in [-0.2, -0.15) is 0 Å². The predicted octanol–water partition coefficient (Wildman–Crippen LogP) is -2.27. The molecule has 2 aromatic rings. The molecule has 0 aliphatic heterocycles. The van der Waals surface area contributed by atoms with E-state index in [4.69, 9.17) is 16.6 Å². The number of hydrogen-bond acceptors (Lipinski definition) is 10. The zero-order valence-corrected chi connectivity index (χ0v) is 30.4. The average Bonchev–Trinajstić information content (AvgIpc) is 3.12. The lowest BCUT2D eigenvalue weighted by Crippen LogP contribution is -2.60. The van der Waals surface area contributed by atoms with E-state index in [1.807, 2.05) is 0 Å². The van der Waals surface area contributed by atoms with Gasteiger partial charge in [-0.3, -0.25) is 38.4 Å². The first-order chi connectivity index (χ1) is 25.5. The van der Waals surface area contributed by atoms with Crippen molar-refractivity contribution in [3.05, 3.63) is 71.8 Å². The molecule has 7 amide bonds. The third-order valence-corrected chi connectivity index (χ3v) is 8.08. The molecular weight excluding hydrogens is 704 g/mol. The minimum Gasteiger partial charge on any atom is -0.481 e. The topological polar surface area (TPSA) is 301 Å². The number of carbonyl (C=O) groups is 8. The molecule has 0 heterocycles. The SMILES string of the molecule is CC(NC(=O)C(CC(N)=O)NC(=O)C(NC(=O)C(N)CC(=O)O)C(c1ccccc1)c1ccccc1)C(=O)NC(C(=O)NCC(=O)NCCCO)C(C)C. The van der Waals surface area contributed by atoms with Crippen molar-refractivity contribution in [1.82, 2.24) is 31.9 Å². The minimum atomic E-state index is -1.65. The lowest BCUT2D eigenvalue weighted by Gasteiger charge is -2.30. The van der Waals surface area contributed by atoms with Gasteiger partial charge in [-0.15, -0.1) is 0 Å². The number of nitrogens with one attached hydrogen (secondary N) is 6. The molecule has 294 valence electrons. The van der Waals surface area contributed by atoms with Crippen LogP contribution in [0.25, 0.3) is 0 Å². The van der Waals surface area contributed by atoms with Crippen LogP contribution in [0.15, 0.2) is 60.7 Å². The Morgan fingerprint density at radius 2 is 1.22 bits per heavy atom. The van der Waals surface area contributed by atoms with Crippen molar-refractivity contribution in [1.29, 1.82) is 0 Å². The molecule has 12 N–H and O–H groups in total. The molecule has 0 aromatic heterocycles. The zero-order chi connectivity index (χ0) is 40.4. The summed E-state index contributed by atoms with van der Waals surface area (Å²) in [4.78, 5) is 102. The molecular formula is C36H50N8O10. The lowest BCUT2D eigenvalue weighted by molar-refractivity contribution is -0.140. The number of rotatable bonds is 22. The van der Waals surface area contributed by atoms with E-state index < -0.39 is 102 Å². The summed E-state index contributed by atoms with van der Waals surface area (Å²) in [6.07, 6.45) is -1.13. The molecule has 0 aliphatic carbocycles. The van der Waals surface area contributed by atoms with E-state index in [2.05, 4.69) is 31.9 Å². The maximum Gasteiger partial charge on any atom is 0.305 e. The third-order valence-electron chi connectivity index (χ3n) is 8.08. The number of aliphatic hydroxyl groups is 1. The zero-order valence-electron chi connectivity index (χ0n) is 30.4. The molecule has 54 heavy (non-hydrogen) atoms. The standard InChI is InChI=1S/C36H50N8O10/c1-20(2)30(35(53)40-19-27(47)39-15-10-16-45)43-32(50)21(3)41-34(52)25(18-26(38)46)42-36(54)31(44-33(51)24(37)17-28(48)49)29(22-11-6-4-7-12-22)23-13-8-5-9-14-23/h4-9,11-14,20-21,24-25,29-31,45H,10,15-19,37H2,1-3H3,(H2,38,46)(H,39,47)(H,40,53)(H,41,52)(H,42,54)(H,43,50)(H,44,51)(H,48,49). The van der Waals surface area contributed by atoms with Gasteiger partial charge in [0.1, 0.15) is 24.2 Å². The van der Waals surface area contributed by atoms with E-state index in [1.165, 1.54) is 6.92 Å². The molecule has 0 saturated carbocycles. The summed E-state index contributed by atoms with van der Waals surface area (Å²) in [6, 6.07) is 9.98. The van der Waals surface area contributed by atoms with E-state index in [0.29, 0.717) is 17.5 Å². The third kappa shape index (κ3) is 14.6. The molecule has 18 nitrogen and oxygen atoms in total. The fourth-order valence-corrected chi connectivity index (χ4v) is 5.25. The highest BCUT2D eigenvalue weighted by Crippen LogP contribution is 2.29. The Bertz CT molecular complexity index is 1570. The van der Waals surface area contributed by atoms with E-state index in [-0.39, 0.29) is 19.7 Å². The summed E-state index contributed by atoms with van der Waals surface area (Å²) >= 11 is 0. The van der Waals surface area contributed by atoms with E-state index in [9.17, 15) is 43.5 Å². The highest BCUT2D eigenvalue weighted by Gasteiger charge is 2.37. The number of carboxylic acids is 1. The number of aliphatic carboxylic acids is 1. The molecule has 0 aliphatic rings. The van der Waals surface area contributed by atoms with Crippen LogP contribution < -0.4 is 43.4 Å². The van der Waals surface area contributed by atoms with Gasteiger partial charge in [0.05, 0.1) is 25.4 Å². The fraction of sp³-hybridized carbons (Fsp3) is 0.444. The summed E-state index contributed by atoms with van der Waals surface area (Å²) < 4.78 is 0. The number of amides is 7. The van der Waals surface area contributed by atoms with Crippen LogP contribution >= 0.6 is 0 Å². The van der Waals surface area contributed by atoms with Crippen molar-refractivity contribution >= 4 is 47.3 Å². The molecule has 0 fully saturated rings. The largest absolute Gasteiger partial charge is 0.481 e. The Balaban J connectivity index is 2.32. The summed E-state index contributed by atoms with van der Waals surface area (Å²) in [5.41, 5.74) is 12.4. The van der Waals surface area contributed by atoms with Crippen LogP contribution in [0.3, 0.4) is 0 Å². The van der Waals surface area contributed by atoms with Gasteiger partial charge in [-0.05, 0) is 30.4 Å². The van der Waals surface area contributed by atoms with E-state index >= 15 is 0 Å². The quantitative estimate of drug-likeness (QED) is 0.0572. The van der Waals surface area contributed by atoms with Gasteiger partial charge in [0, 0.05) is 19.1 Å². The molecule has 0 spiro atoms. The first-order valence-electron chi connectivity index (χ1n) is 17.3. The van der Waals surface area contributed by atoms with Crippen molar-refractivity contribution < 1.29 is 48.6 Å². The van der Waals surface area contributed by atoms with Crippen molar-refractivity contribution in [2.75, 3.05) is 19.7 Å². The van der Waals surface area contributed by atoms with Crippen LogP contribution in [0.5, 0.6) is 0 Å². The lowest BCUT2D eigenvalue weighted by atomic mass is 9.84. The normalized spacial score (nSPS) is 13.7. The highest BCUT2D eigenvalue weighted by atomic mass is 16.4. The van der Waals surface area contributed by atoms with Crippen molar-refractivity contribution in [3.63, 3.8) is 0 Å². The maximum atomic E-state index is 14.1. The molecule has 5 atom stereocenters. The average molecular weight is 755 g/mol. The van der Waals surface area contributed by atoms with Gasteiger partial charge in [0.25, 0.3) is 0 Å². The Hall–Kier alpha value is -5.88. The summed E-state index contributed by atoms with van der Waals surface area (Å²) in [5.74, 6) is -8.60. The summed E-state index contributed by atoms with van der Waals surface area (Å²) in [7, 11) is 0. The summed E-state index contributed by atoms with van der Waals surface area (Å²) in [5, 5.41) is 32.9. The van der Waals surface area contributed by atoms with Crippen LogP contribution in [0.4, 0.5) is 0 Å². The Morgan fingerprint density at radius 3 is 1.72 bits per heavy atom. The van der Waals surface area contributed by atoms with Gasteiger partial charge < -0.3 is 53.6 Å². The van der Waals surface area contributed by atoms with Crippen molar-refractivity contribution in [3.8, 4) is 0 Å². The number of benzene rings is 2. The molecule has 0 radical (unpaired) electrons. The molecule has 5 unspecified atom stereocenters. The molecule has 0 saturated heterocycles. The van der Waals surface area contributed by atoms with E-state index in [0.717, 1.165) is 0 Å². The molecule has 18 heteroatoms. The Kier molecular flexibility index (Phi) is 18.2. The number of primary amides is 1. The van der Waals surface area contributed by atoms with Gasteiger partial charge in [-0.25, -0.2) is 0 Å². The fourth-order valence-electron chi connectivity index (χ4n) is 5.25. The smallest absolute Gasteiger partial charge is 0.305 e. The first kappa shape index (κ1) is 44.3. The van der Waals surface area contributed by atoms with Crippen molar-refractivity contribution in [2.45, 2.75) is 76.2 Å². The number of carbonyl (C=O) groups excluding carboxylic acids is 7. The van der Waals surface area contributed by atoms with Crippen LogP contribution in [-0.2, 0) is 38.4 Å². The van der Waals surface area contributed by atoms with Gasteiger partial charge in [0.15, 0.2) is 0 Å². The number of nitrogens with two attached hydrogens (primary N) is 2. The van der Waals surface area contributed by atoms with E-state index in [1.54, 1.807) is 74.5 Å². The van der Waals surface area contributed by atoms with Crippen LogP contribution in [0.2, 0.25) is 0 Å². The predicted molar refractivity (Wildman–Crippen MR) is 195 cm³/mol. The van der Waals surface area contributed by atoms with Gasteiger partial charge >= 0.3 is 5.97 Å². The van der Waals surface area contributed by atoms with Crippen LogP contribution in [-0.4, -0.2) is 107 Å². The molecule has 2 aromatic carbocycles. The maximum absolute atomic E-state index is 14.1. The first-order valence-corrected chi connectivity index (χ1v) is 17.3. The second-order valence-electron chi connectivity index (χ2n) is 12.8. The summed E-state index contributed by atoms with van der Waals surface area (Å²) in [6.45, 7) is 4.30. The monoisotopic (exact) mass is 754 g/mol. The van der Waals surface area contributed by atoms with Gasteiger partial charge in [0.2, 0.25) is 41.4 Å². The van der Waals surface area contributed by atoms with Crippen LogP contribution in [0, 0.1) is 5.92 Å². The number of hydrogen-bond donors (Lipinski definition) is 10. The molecule has 0 bridgehead atoms. The number of carboxylic acid groups (broad SMARTS) is 1. The number of aliphatic hydroxyl groups excluding tert-OH is 1. The van der Waals surface area contributed by atoms with Gasteiger partial charge in [-0.1, -0.05) is 74.5 Å². The highest BCUT2D eigenvalue weighted by molar-refractivity contribution is 5.98. The Labute approximate surface area is 312 Å². The minimum absolute atomic E-state index is 0.120.